The van der Waals surface area contributed by atoms with Gasteiger partial charge >= 0.3 is 0 Å². The molecule has 0 aliphatic heterocycles. The molecule has 0 radical (unpaired) electrons. The van der Waals surface area contributed by atoms with Crippen molar-refractivity contribution in [2.45, 2.75) is 32.7 Å². The third-order valence-electron chi connectivity index (χ3n) is 3.77. The van der Waals surface area contributed by atoms with E-state index < -0.39 is 0 Å². The SMILES string of the molecule is COc1ccc(C)cc1C(CCc1cccc(C)c1)NN. The fourth-order valence-electron chi connectivity index (χ4n) is 2.63. The number of ether oxygens (including phenoxy) is 1. The quantitative estimate of drug-likeness (QED) is 0.631. The summed E-state index contributed by atoms with van der Waals surface area (Å²) in [6, 6.07) is 14.9. The van der Waals surface area contributed by atoms with Gasteiger partial charge in [-0.1, -0.05) is 47.5 Å². The minimum Gasteiger partial charge on any atom is -0.496 e. The van der Waals surface area contributed by atoms with E-state index in [1.165, 1.54) is 16.7 Å². The number of methoxy groups -OCH3 is 1. The van der Waals surface area contributed by atoms with Gasteiger partial charge in [0, 0.05) is 11.6 Å². The lowest BCUT2D eigenvalue weighted by atomic mass is 9.97. The van der Waals surface area contributed by atoms with E-state index in [2.05, 4.69) is 55.7 Å². The highest BCUT2D eigenvalue weighted by atomic mass is 16.5. The summed E-state index contributed by atoms with van der Waals surface area (Å²) in [7, 11) is 1.70. The highest BCUT2D eigenvalue weighted by Gasteiger charge is 2.15. The maximum atomic E-state index is 5.77. The van der Waals surface area contributed by atoms with Gasteiger partial charge in [0.05, 0.1) is 7.11 Å². The van der Waals surface area contributed by atoms with Crippen molar-refractivity contribution in [2.75, 3.05) is 7.11 Å². The smallest absolute Gasteiger partial charge is 0.123 e. The number of hydrogen-bond acceptors (Lipinski definition) is 3. The number of aryl methyl sites for hydroxylation is 3. The van der Waals surface area contributed by atoms with E-state index in [1.807, 2.05) is 6.07 Å². The van der Waals surface area contributed by atoms with Crippen LogP contribution in [0.25, 0.3) is 0 Å². The Hall–Kier alpha value is -1.84. The molecule has 0 aliphatic rings. The standard InChI is InChI=1S/C18H24N2O/c1-13-5-4-6-15(11-13)8-9-17(20-19)16-12-14(2)7-10-18(16)21-3/h4-7,10-12,17,20H,8-9,19H2,1-3H3. The van der Waals surface area contributed by atoms with Gasteiger partial charge < -0.3 is 4.74 Å². The molecule has 0 bridgehead atoms. The van der Waals surface area contributed by atoms with Gasteiger partial charge in [-0.05, 0) is 38.3 Å². The van der Waals surface area contributed by atoms with Gasteiger partial charge in [0.15, 0.2) is 0 Å². The third-order valence-corrected chi connectivity index (χ3v) is 3.77. The van der Waals surface area contributed by atoms with Crippen LogP contribution in [0.2, 0.25) is 0 Å². The Kier molecular flexibility index (Phi) is 5.37. The Morgan fingerprint density at radius 1 is 1.10 bits per heavy atom. The van der Waals surface area contributed by atoms with Gasteiger partial charge in [0.2, 0.25) is 0 Å². The molecule has 2 rings (SSSR count). The molecule has 0 aliphatic carbocycles. The second-order valence-electron chi connectivity index (χ2n) is 5.49. The second kappa shape index (κ2) is 7.25. The molecular formula is C18H24N2O. The average Bonchev–Trinajstić information content (AvgIpc) is 2.48. The van der Waals surface area contributed by atoms with E-state index in [1.54, 1.807) is 7.11 Å². The van der Waals surface area contributed by atoms with Crippen LogP contribution in [-0.4, -0.2) is 7.11 Å². The molecule has 112 valence electrons. The van der Waals surface area contributed by atoms with Crippen LogP contribution in [0.5, 0.6) is 5.75 Å². The van der Waals surface area contributed by atoms with Crippen molar-refractivity contribution in [1.29, 1.82) is 0 Å². The Labute approximate surface area is 127 Å². The summed E-state index contributed by atoms with van der Waals surface area (Å²) in [6.07, 6.45) is 1.91. The predicted octanol–water partition coefficient (Wildman–Crippen LogP) is 3.45. The summed E-state index contributed by atoms with van der Waals surface area (Å²) in [4.78, 5) is 0. The average molecular weight is 284 g/mol. The van der Waals surface area contributed by atoms with Crippen LogP contribution >= 0.6 is 0 Å². The summed E-state index contributed by atoms with van der Waals surface area (Å²) in [5.41, 5.74) is 7.88. The van der Waals surface area contributed by atoms with Crippen LogP contribution in [-0.2, 0) is 6.42 Å². The van der Waals surface area contributed by atoms with E-state index in [0.717, 1.165) is 24.2 Å². The number of hydrazine groups is 1. The zero-order valence-electron chi connectivity index (χ0n) is 13.0. The first-order valence-electron chi connectivity index (χ1n) is 7.30. The lowest BCUT2D eigenvalue weighted by Gasteiger charge is -2.20. The number of benzene rings is 2. The summed E-state index contributed by atoms with van der Waals surface area (Å²) in [6.45, 7) is 4.20. The molecule has 1 atom stereocenters. The summed E-state index contributed by atoms with van der Waals surface area (Å²) in [5, 5.41) is 0. The molecule has 0 aromatic heterocycles. The molecule has 0 heterocycles. The molecule has 0 saturated carbocycles. The van der Waals surface area contributed by atoms with Gasteiger partial charge in [-0.3, -0.25) is 11.3 Å². The molecule has 3 heteroatoms. The highest BCUT2D eigenvalue weighted by molar-refractivity contribution is 5.39. The minimum atomic E-state index is 0.0837. The molecule has 2 aromatic rings. The van der Waals surface area contributed by atoms with Crippen molar-refractivity contribution in [3.63, 3.8) is 0 Å². The van der Waals surface area contributed by atoms with Crippen molar-refractivity contribution in [2.24, 2.45) is 5.84 Å². The molecule has 3 N–H and O–H groups in total. The van der Waals surface area contributed by atoms with Gasteiger partial charge in [-0.2, -0.15) is 0 Å². The van der Waals surface area contributed by atoms with Crippen molar-refractivity contribution in [3.05, 3.63) is 64.7 Å². The first kappa shape index (κ1) is 15.5. The van der Waals surface area contributed by atoms with Crippen molar-refractivity contribution in [1.82, 2.24) is 5.43 Å². The van der Waals surface area contributed by atoms with E-state index in [0.29, 0.717) is 0 Å². The van der Waals surface area contributed by atoms with Gasteiger partial charge in [0.1, 0.15) is 5.75 Å². The molecule has 0 spiro atoms. The van der Waals surface area contributed by atoms with Crippen molar-refractivity contribution in [3.8, 4) is 5.75 Å². The number of nitrogens with one attached hydrogen (secondary N) is 1. The molecule has 3 nitrogen and oxygen atoms in total. The van der Waals surface area contributed by atoms with Gasteiger partial charge in [-0.25, -0.2) is 0 Å². The zero-order valence-corrected chi connectivity index (χ0v) is 13.0. The third kappa shape index (κ3) is 4.06. The maximum absolute atomic E-state index is 5.77. The molecule has 0 amide bonds. The fraction of sp³-hybridized carbons (Fsp3) is 0.333. The van der Waals surface area contributed by atoms with Crippen LogP contribution in [0, 0.1) is 13.8 Å². The summed E-state index contributed by atoms with van der Waals surface area (Å²) >= 11 is 0. The second-order valence-corrected chi connectivity index (χ2v) is 5.49. The first-order chi connectivity index (χ1) is 10.1. The van der Waals surface area contributed by atoms with Crippen LogP contribution in [0.4, 0.5) is 0 Å². The predicted molar refractivity (Wildman–Crippen MR) is 87.3 cm³/mol. The van der Waals surface area contributed by atoms with E-state index in [-0.39, 0.29) is 6.04 Å². The number of rotatable bonds is 6. The Balaban J connectivity index is 2.15. The minimum absolute atomic E-state index is 0.0837. The van der Waals surface area contributed by atoms with E-state index in [4.69, 9.17) is 10.6 Å². The maximum Gasteiger partial charge on any atom is 0.123 e. The van der Waals surface area contributed by atoms with Gasteiger partial charge in [0.25, 0.3) is 0 Å². The Morgan fingerprint density at radius 3 is 2.52 bits per heavy atom. The van der Waals surface area contributed by atoms with Crippen molar-refractivity contribution >= 4 is 0 Å². The summed E-state index contributed by atoms with van der Waals surface area (Å²) in [5.74, 6) is 6.65. The topological polar surface area (TPSA) is 47.3 Å². The highest BCUT2D eigenvalue weighted by Crippen LogP contribution is 2.28. The lowest BCUT2D eigenvalue weighted by molar-refractivity contribution is 0.396. The molecule has 2 aromatic carbocycles. The molecule has 0 fully saturated rings. The molecular weight excluding hydrogens is 260 g/mol. The zero-order chi connectivity index (χ0) is 15.2. The number of nitrogens with two attached hydrogens (primary N) is 1. The summed E-state index contributed by atoms with van der Waals surface area (Å²) < 4.78 is 5.46. The lowest BCUT2D eigenvalue weighted by Crippen LogP contribution is -2.28. The monoisotopic (exact) mass is 284 g/mol. The van der Waals surface area contributed by atoms with Crippen LogP contribution in [0.3, 0.4) is 0 Å². The molecule has 0 saturated heterocycles. The fourth-order valence-corrected chi connectivity index (χ4v) is 2.63. The van der Waals surface area contributed by atoms with Crippen LogP contribution in [0.15, 0.2) is 42.5 Å². The normalized spacial score (nSPS) is 12.2. The van der Waals surface area contributed by atoms with Crippen molar-refractivity contribution < 1.29 is 4.74 Å². The van der Waals surface area contributed by atoms with Crippen LogP contribution in [0.1, 0.15) is 34.7 Å². The van der Waals surface area contributed by atoms with E-state index >= 15 is 0 Å². The molecule has 21 heavy (non-hydrogen) atoms. The largest absolute Gasteiger partial charge is 0.496 e. The van der Waals surface area contributed by atoms with Gasteiger partial charge in [-0.15, -0.1) is 0 Å². The number of hydrogen-bond donors (Lipinski definition) is 2. The van der Waals surface area contributed by atoms with Crippen LogP contribution < -0.4 is 16.0 Å². The Morgan fingerprint density at radius 2 is 1.86 bits per heavy atom. The molecule has 1 unspecified atom stereocenters. The van der Waals surface area contributed by atoms with E-state index in [9.17, 15) is 0 Å². The Bertz CT molecular complexity index is 596. The first-order valence-corrected chi connectivity index (χ1v) is 7.30.